The van der Waals surface area contributed by atoms with Gasteiger partial charge in [0.2, 0.25) is 0 Å². The smallest absolute Gasteiger partial charge is 0.335 e. The van der Waals surface area contributed by atoms with E-state index >= 15 is 0 Å². The van der Waals surface area contributed by atoms with Gasteiger partial charge in [-0.1, -0.05) is 13.8 Å². The number of hydrogen-bond acceptors (Lipinski definition) is 2. The number of rotatable bonds is 3. The second kappa shape index (κ2) is 6.24. The molecular formula is C16H20FNO3. The fourth-order valence-electron chi connectivity index (χ4n) is 2.88. The lowest BCUT2D eigenvalue weighted by Crippen LogP contribution is -2.46. The van der Waals surface area contributed by atoms with Gasteiger partial charge in [-0.2, -0.15) is 0 Å². The highest BCUT2D eigenvalue weighted by Gasteiger charge is 2.30. The molecule has 1 aromatic rings. The van der Waals surface area contributed by atoms with Crippen molar-refractivity contribution in [1.29, 1.82) is 0 Å². The summed E-state index contributed by atoms with van der Waals surface area (Å²) < 4.78 is 14.0. The molecule has 0 bridgehead atoms. The van der Waals surface area contributed by atoms with E-state index in [1.807, 2.05) is 0 Å². The van der Waals surface area contributed by atoms with Crippen molar-refractivity contribution >= 4 is 11.9 Å². The molecule has 114 valence electrons. The van der Waals surface area contributed by atoms with E-state index < -0.39 is 11.8 Å². The van der Waals surface area contributed by atoms with Crippen LogP contribution in [0, 0.1) is 11.7 Å². The third kappa shape index (κ3) is 3.23. The molecule has 1 aliphatic heterocycles. The molecule has 1 atom stereocenters. The van der Waals surface area contributed by atoms with Gasteiger partial charge >= 0.3 is 5.97 Å². The van der Waals surface area contributed by atoms with Gasteiger partial charge in [-0.3, -0.25) is 4.79 Å². The normalized spacial score (nSPS) is 18.9. The number of hydrogen-bond donors (Lipinski definition) is 1. The first-order valence-electron chi connectivity index (χ1n) is 7.25. The molecule has 1 N–H and O–H groups in total. The van der Waals surface area contributed by atoms with Crippen molar-refractivity contribution in [1.82, 2.24) is 4.90 Å². The zero-order valence-electron chi connectivity index (χ0n) is 12.3. The van der Waals surface area contributed by atoms with Gasteiger partial charge in [0.05, 0.1) is 11.1 Å². The van der Waals surface area contributed by atoms with Crippen molar-refractivity contribution in [2.75, 3.05) is 6.54 Å². The van der Waals surface area contributed by atoms with Gasteiger partial charge in [0, 0.05) is 12.6 Å². The molecular weight excluding hydrogens is 273 g/mol. The zero-order chi connectivity index (χ0) is 15.6. The first kappa shape index (κ1) is 15.5. The summed E-state index contributed by atoms with van der Waals surface area (Å²) in [6, 6.07) is 3.56. The third-order valence-corrected chi connectivity index (χ3v) is 4.03. The number of carboxylic acid groups (broad SMARTS) is 1. The first-order valence-corrected chi connectivity index (χ1v) is 7.25. The van der Waals surface area contributed by atoms with Gasteiger partial charge in [-0.25, -0.2) is 9.18 Å². The molecule has 2 rings (SSSR count). The molecule has 21 heavy (non-hydrogen) atoms. The lowest BCUT2D eigenvalue weighted by molar-refractivity contribution is 0.0537. The van der Waals surface area contributed by atoms with Crippen LogP contribution < -0.4 is 0 Å². The maximum atomic E-state index is 14.0. The molecule has 1 aliphatic rings. The molecule has 1 saturated heterocycles. The lowest BCUT2D eigenvalue weighted by atomic mass is 9.92. The van der Waals surface area contributed by atoms with Gasteiger partial charge < -0.3 is 10.0 Å². The summed E-state index contributed by atoms with van der Waals surface area (Å²) in [4.78, 5) is 25.1. The molecule has 0 radical (unpaired) electrons. The SMILES string of the molecule is CC(C)C1CCCCN1C(=O)c1ccc(C(=O)O)cc1F. The highest BCUT2D eigenvalue weighted by molar-refractivity contribution is 5.96. The summed E-state index contributed by atoms with van der Waals surface area (Å²) >= 11 is 0. The van der Waals surface area contributed by atoms with Gasteiger partial charge in [0.1, 0.15) is 5.82 Å². The molecule has 1 aromatic carbocycles. The fraction of sp³-hybridized carbons (Fsp3) is 0.500. The molecule has 0 spiro atoms. The molecule has 0 aliphatic carbocycles. The predicted octanol–water partition coefficient (Wildman–Crippen LogP) is 3.17. The number of aromatic carboxylic acids is 1. The van der Waals surface area contributed by atoms with Crippen LogP contribution in [-0.4, -0.2) is 34.5 Å². The number of carboxylic acids is 1. The zero-order valence-corrected chi connectivity index (χ0v) is 12.3. The van der Waals surface area contributed by atoms with Crippen molar-refractivity contribution in [2.24, 2.45) is 5.92 Å². The predicted molar refractivity (Wildman–Crippen MR) is 76.9 cm³/mol. The quantitative estimate of drug-likeness (QED) is 0.931. The largest absolute Gasteiger partial charge is 0.478 e. The van der Waals surface area contributed by atoms with E-state index in [1.54, 1.807) is 4.90 Å². The van der Waals surface area contributed by atoms with Crippen LogP contribution >= 0.6 is 0 Å². The Morgan fingerprint density at radius 3 is 2.62 bits per heavy atom. The Kier molecular flexibility index (Phi) is 4.60. The van der Waals surface area contributed by atoms with Gasteiger partial charge in [-0.05, 0) is 43.4 Å². The van der Waals surface area contributed by atoms with E-state index in [0.717, 1.165) is 25.3 Å². The third-order valence-electron chi connectivity index (χ3n) is 4.03. The summed E-state index contributed by atoms with van der Waals surface area (Å²) in [6.07, 6.45) is 2.93. The van der Waals surface area contributed by atoms with Crippen molar-refractivity contribution in [2.45, 2.75) is 39.2 Å². The Hall–Kier alpha value is -1.91. The van der Waals surface area contributed by atoms with Crippen molar-refractivity contribution in [3.8, 4) is 0 Å². The Labute approximate surface area is 123 Å². The maximum Gasteiger partial charge on any atom is 0.335 e. The van der Waals surface area contributed by atoms with Crippen LogP contribution in [0.3, 0.4) is 0 Å². The standard InChI is InChI=1S/C16H20FNO3/c1-10(2)14-5-3-4-8-18(14)15(19)12-7-6-11(16(20)21)9-13(12)17/h6-7,9-10,14H,3-5,8H2,1-2H3,(H,20,21). The van der Waals surface area contributed by atoms with E-state index in [9.17, 15) is 14.0 Å². The highest BCUT2D eigenvalue weighted by Crippen LogP contribution is 2.25. The average Bonchev–Trinajstić information content (AvgIpc) is 2.46. The highest BCUT2D eigenvalue weighted by atomic mass is 19.1. The molecule has 5 heteroatoms. The fourth-order valence-corrected chi connectivity index (χ4v) is 2.88. The summed E-state index contributed by atoms with van der Waals surface area (Å²) in [5, 5.41) is 8.84. The second-order valence-corrected chi connectivity index (χ2v) is 5.81. The summed E-state index contributed by atoms with van der Waals surface area (Å²) in [5.74, 6) is -2.00. The number of amides is 1. The molecule has 1 amide bonds. The van der Waals surface area contributed by atoms with Crippen LogP contribution in [-0.2, 0) is 0 Å². The summed E-state index contributed by atoms with van der Waals surface area (Å²) in [6.45, 7) is 4.74. The van der Waals surface area contributed by atoms with E-state index in [4.69, 9.17) is 5.11 Å². The van der Waals surface area contributed by atoms with E-state index in [1.165, 1.54) is 12.1 Å². The molecule has 1 unspecified atom stereocenters. The van der Waals surface area contributed by atoms with Crippen LogP contribution in [0.5, 0.6) is 0 Å². The van der Waals surface area contributed by atoms with Gasteiger partial charge in [0.25, 0.3) is 5.91 Å². The second-order valence-electron chi connectivity index (χ2n) is 5.81. The Morgan fingerprint density at radius 2 is 2.05 bits per heavy atom. The molecule has 0 aromatic heterocycles. The minimum absolute atomic E-state index is 0.0486. The monoisotopic (exact) mass is 293 g/mol. The Balaban J connectivity index is 2.28. The van der Waals surface area contributed by atoms with Crippen molar-refractivity contribution < 1.29 is 19.1 Å². The van der Waals surface area contributed by atoms with Crippen molar-refractivity contribution in [3.05, 3.63) is 35.1 Å². The van der Waals surface area contributed by atoms with Crippen LogP contribution in [0.4, 0.5) is 4.39 Å². The molecule has 1 heterocycles. The molecule has 1 fully saturated rings. The number of carbonyl (C=O) groups excluding carboxylic acids is 1. The van der Waals surface area contributed by atoms with E-state index in [-0.39, 0.29) is 23.1 Å². The first-order chi connectivity index (χ1) is 9.91. The van der Waals surface area contributed by atoms with Crippen LogP contribution in [0.1, 0.15) is 53.8 Å². The Morgan fingerprint density at radius 1 is 1.33 bits per heavy atom. The molecule has 4 nitrogen and oxygen atoms in total. The van der Waals surface area contributed by atoms with Crippen LogP contribution in [0.2, 0.25) is 0 Å². The van der Waals surface area contributed by atoms with Gasteiger partial charge in [0.15, 0.2) is 0 Å². The number of halogens is 1. The number of carbonyl (C=O) groups is 2. The lowest BCUT2D eigenvalue weighted by Gasteiger charge is -2.38. The van der Waals surface area contributed by atoms with E-state index in [2.05, 4.69) is 13.8 Å². The van der Waals surface area contributed by atoms with Crippen molar-refractivity contribution in [3.63, 3.8) is 0 Å². The van der Waals surface area contributed by atoms with Crippen LogP contribution in [0.15, 0.2) is 18.2 Å². The number of nitrogens with zero attached hydrogens (tertiary/aromatic N) is 1. The van der Waals surface area contributed by atoms with Crippen LogP contribution in [0.25, 0.3) is 0 Å². The number of piperidine rings is 1. The topological polar surface area (TPSA) is 57.6 Å². The minimum atomic E-state index is -1.20. The number of likely N-dealkylation sites (tertiary alicyclic amines) is 1. The maximum absolute atomic E-state index is 14.0. The van der Waals surface area contributed by atoms with Gasteiger partial charge in [-0.15, -0.1) is 0 Å². The minimum Gasteiger partial charge on any atom is -0.478 e. The average molecular weight is 293 g/mol. The van der Waals surface area contributed by atoms with E-state index in [0.29, 0.717) is 12.5 Å². The molecule has 0 saturated carbocycles. The summed E-state index contributed by atoms with van der Waals surface area (Å²) in [5.41, 5.74) is -0.198. The summed E-state index contributed by atoms with van der Waals surface area (Å²) in [7, 11) is 0. The number of benzene rings is 1. The Bertz CT molecular complexity index is 556.